The van der Waals surface area contributed by atoms with Gasteiger partial charge in [0, 0.05) is 17.6 Å². The second-order valence-corrected chi connectivity index (χ2v) is 6.04. The first-order chi connectivity index (χ1) is 11.9. The number of carbonyl (C=O) groups excluding carboxylic acids is 1. The van der Waals surface area contributed by atoms with Crippen molar-refractivity contribution in [2.45, 2.75) is 20.4 Å². The molecule has 0 atom stereocenters. The monoisotopic (exact) mass is 363 g/mol. The third-order valence-electron chi connectivity index (χ3n) is 3.73. The minimum absolute atomic E-state index is 0.0603. The van der Waals surface area contributed by atoms with Crippen LogP contribution in [-0.2, 0) is 11.3 Å². The molecule has 5 nitrogen and oxygen atoms in total. The van der Waals surface area contributed by atoms with Crippen molar-refractivity contribution < 1.29 is 19.0 Å². The number of aryl methyl sites for hydroxylation is 2. The van der Waals surface area contributed by atoms with Gasteiger partial charge in [0.25, 0.3) is 5.91 Å². The molecule has 0 saturated carbocycles. The van der Waals surface area contributed by atoms with Gasteiger partial charge in [-0.05, 0) is 42.7 Å². The van der Waals surface area contributed by atoms with Gasteiger partial charge in [-0.3, -0.25) is 4.79 Å². The average molecular weight is 364 g/mol. The van der Waals surface area contributed by atoms with Gasteiger partial charge in [0.05, 0.1) is 14.2 Å². The van der Waals surface area contributed by atoms with Gasteiger partial charge >= 0.3 is 0 Å². The molecule has 0 saturated heterocycles. The molecule has 0 aliphatic heterocycles. The lowest BCUT2D eigenvalue weighted by molar-refractivity contribution is -0.123. The Bertz CT molecular complexity index is 761. The minimum atomic E-state index is -0.230. The van der Waals surface area contributed by atoms with Crippen LogP contribution >= 0.6 is 11.6 Å². The topological polar surface area (TPSA) is 56.8 Å². The van der Waals surface area contributed by atoms with Crippen LogP contribution in [0.1, 0.15) is 16.7 Å². The van der Waals surface area contributed by atoms with E-state index in [1.54, 1.807) is 26.4 Å². The van der Waals surface area contributed by atoms with Gasteiger partial charge < -0.3 is 19.5 Å². The van der Waals surface area contributed by atoms with E-state index in [2.05, 4.69) is 5.32 Å². The Kier molecular flexibility index (Phi) is 6.53. The molecule has 0 aliphatic rings. The maximum Gasteiger partial charge on any atom is 0.258 e. The first-order valence-electron chi connectivity index (χ1n) is 7.81. The normalized spacial score (nSPS) is 10.3. The van der Waals surface area contributed by atoms with Gasteiger partial charge in [-0.25, -0.2) is 0 Å². The molecule has 1 N–H and O–H groups in total. The van der Waals surface area contributed by atoms with Crippen LogP contribution in [0.4, 0.5) is 0 Å². The van der Waals surface area contributed by atoms with Crippen LogP contribution in [0.15, 0.2) is 30.3 Å². The highest BCUT2D eigenvalue weighted by Crippen LogP contribution is 2.32. The van der Waals surface area contributed by atoms with Gasteiger partial charge in [-0.15, -0.1) is 0 Å². The number of methoxy groups -OCH3 is 2. The molecule has 2 rings (SSSR count). The Balaban J connectivity index is 1.95. The standard InChI is InChI=1S/C19H22ClNO4/c1-12-5-6-13(2)16(7-12)25-11-19(22)21-10-14-8-17(23-3)18(24-4)9-15(14)20/h5-9H,10-11H2,1-4H3,(H,21,22). The van der Waals surface area contributed by atoms with E-state index in [1.807, 2.05) is 32.0 Å². The molecule has 0 radical (unpaired) electrons. The van der Waals surface area contributed by atoms with Crippen LogP contribution in [0.3, 0.4) is 0 Å². The smallest absolute Gasteiger partial charge is 0.258 e. The van der Waals surface area contributed by atoms with Crippen molar-refractivity contribution in [2.75, 3.05) is 20.8 Å². The van der Waals surface area contributed by atoms with Crippen molar-refractivity contribution in [1.82, 2.24) is 5.32 Å². The van der Waals surface area contributed by atoms with Gasteiger partial charge in [-0.1, -0.05) is 23.7 Å². The van der Waals surface area contributed by atoms with Crippen molar-refractivity contribution in [1.29, 1.82) is 0 Å². The van der Waals surface area contributed by atoms with E-state index in [4.69, 9.17) is 25.8 Å². The number of benzene rings is 2. The molecular formula is C19H22ClNO4. The van der Waals surface area contributed by atoms with E-state index in [9.17, 15) is 4.79 Å². The zero-order valence-electron chi connectivity index (χ0n) is 14.8. The van der Waals surface area contributed by atoms with Gasteiger partial charge in [0.1, 0.15) is 5.75 Å². The quantitative estimate of drug-likeness (QED) is 0.815. The summed E-state index contributed by atoms with van der Waals surface area (Å²) in [6, 6.07) is 9.28. The lowest BCUT2D eigenvalue weighted by Gasteiger charge is -2.13. The summed E-state index contributed by atoms with van der Waals surface area (Å²) in [5.41, 5.74) is 2.80. The fourth-order valence-electron chi connectivity index (χ4n) is 2.28. The number of rotatable bonds is 7. The predicted octanol–water partition coefficient (Wildman–Crippen LogP) is 3.67. The summed E-state index contributed by atoms with van der Waals surface area (Å²) in [6.07, 6.45) is 0. The van der Waals surface area contributed by atoms with E-state index in [0.29, 0.717) is 22.3 Å². The zero-order valence-corrected chi connectivity index (χ0v) is 15.6. The molecule has 1 amide bonds. The molecule has 0 fully saturated rings. The Labute approximate surface area is 152 Å². The highest BCUT2D eigenvalue weighted by Gasteiger charge is 2.11. The summed E-state index contributed by atoms with van der Waals surface area (Å²) in [4.78, 5) is 12.0. The number of carbonyl (C=O) groups is 1. The summed E-state index contributed by atoms with van der Waals surface area (Å²) in [5, 5.41) is 3.28. The van der Waals surface area contributed by atoms with Crippen molar-refractivity contribution in [2.24, 2.45) is 0 Å². The van der Waals surface area contributed by atoms with Crippen LogP contribution < -0.4 is 19.5 Å². The summed E-state index contributed by atoms with van der Waals surface area (Å²) >= 11 is 6.21. The number of nitrogens with one attached hydrogen (secondary N) is 1. The lowest BCUT2D eigenvalue weighted by Crippen LogP contribution is -2.28. The van der Waals surface area contributed by atoms with Crippen molar-refractivity contribution in [3.8, 4) is 17.2 Å². The molecule has 134 valence electrons. The molecule has 0 bridgehead atoms. The van der Waals surface area contributed by atoms with E-state index >= 15 is 0 Å². The average Bonchev–Trinajstić information content (AvgIpc) is 2.61. The fraction of sp³-hybridized carbons (Fsp3) is 0.316. The number of amides is 1. The Hall–Kier alpha value is -2.40. The predicted molar refractivity (Wildman–Crippen MR) is 97.8 cm³/mol. The maximum absolute atomic E-state index is 12.0. The molecule has 6 heteroatoms. The number of hydrogen-bond donors (Lipinski definition) is 1. The largest absolute Gasteiger partial charge is 0.493 e. The van der Waals surface area contributed by atoms with E-state index in [0.717, 1.165) is 16.7 Å². The molecule has 0 unspecified atom stereocenters. The molecule has 0 heterocycles. The Morgan fingerprint density at radius 2 is 1.72 bits per heavy atom. The highest BCUT2D eigenvalue weighted by atomic mass is 35.5. The van der Waals surface area contributed by atoms with Gasteiger partial charge in [0.2, 0.25) is 0 Å². The maximum atomic E-state index is 12.0. The first-order valence-corrected chi connectivity index (χ1v) is 8.19. The summed E-state index contributed by atoms with van der Waals surface area (Å²) in [6.45, 7) is 4.13. The molecule has 0 aliphatic carbocycles. The second kappa shape index (κ2) is 8.62. The molecule has 0 spiro atoms. The van der Waals surface area contributed by atoms with E-state index in [1.165, 1.54) is 0 Å². The number of ether oxygens (including phenoxy) is 3. The van der Waals surface area contributed by atoms with Gasteiger partial charge in [-0.2, -0.15) is 0 Å². The second-order valence-electron chi connectivity index (χ2n) is 5.63. The van der Waals surface area contributed by atoms with E-state index in [-0.39, 0.29) is 19.1 Å². The lowest BCUT2D eigenvalue weighted by atomic mass is 10.1. The summed E-state index contributed by atoms with van der Waals surface area (Å²) < 4.78 is 16.0. The zero-order chi connectivity index (χ0) is 18.4. The van der Waals surface area contributed by atoms with Gasteiger partial charge in [0.15, 0.2) is 18.1 Å². The number of halogens is 1. The molecule has 2 aromatic carbocycles. The molecular weight excluding hydrogens is 342 g/mol. The fourth-order valence-corrected chi connectivity index (χ4v) is 2.50. The van der Waals surface area contributed by atoms with Crippen molar-refractivity contribution >= 4 is 17.5 Å². The Morgan fingerprint density at radius 3 is 2.40 bits per heavy atom. The molecule has 0 aromatic heterocycles. The van der Waals surface area contributed by atoms with E-state index < -0.39 is 0 Å². The third kappa shape index (κ3) is 5.03. The summed E-state index contributed by atoms with van der Waals surface area (Å²) in [7, 11) is 3.09. The van der Waals surface area contributed by atoms with Crippen molar-refractivity contribution in [3.05, 3.63) is 52.0 Å². The van der Waals surface area contributed by atoms with Crippen molar-refractivity contribution in [3.63, 3.8) is 0 Å². The van der Waals surface area contributed by atoms with Crippen LogP contribution in [0.25, 0.3) is 0 Å². The molecule has 25 heavy (non-hydrogen) atoms. The van der Waals surface area contributed by atoms with Crippen LogP contribution in [-0.4, -0.2) is 26.7 Å². The minimum Gasteiger partial charge on any atom is -0.493 e. The van der Waals surface area contributed by atoms with Crippen LogP contribution in [0, 0.1) is 13.8 Å². The SMILES string of the molecule is COc1cc(Cl)c(CNC(=O)COc2cc(C)ccc2C)cc1OC. The Morgan fingerprint density at radius 1 is 1.04 bits per heavy atom. The third-order valence-corrected chi connectivity index (χ3v) is 4.08. The van der Waals surface area contributed by atoms with Crippen LogP contribution in [0.2, 0.25) is 5.02 Å². The number of hydrogen-bond acceptors (Lipinski definition) is 4. The molecule has 2 aromatic rings. The van der Waals surface area contributed by atoms with Crippen LogP contribution in [0.5, 0.6) is 17.2 Å². The summed E-state index contributed by atoms with van der Waals surface area (Å²) in [5.74, 6) is 1.58. The first kappa shape index (κ1) is 18.9. The highest BCUT2D eigenvalue weighted by molar-refractivity contribution is 6.31.